The van der Waals surface area contributed by atoms with E-state index in [-0.39, 0.29) is 16.9 Å². The van der Waals surface area contributed by atoms with Crippen molar-refractivity contribution in [3.8, 4) is 11.5 Å². The second-order valence-corrected chi connectivity index (χ2v) is 8.66. The zero-order chi connectivity index (χ0) is 24.2. The van der Waals surface area contributed by atoms with Crippen molar-refractivity contribution in [2.45, 2.75) is 43.7 Å². The Morgan fingerprint density at radius 2 is 1.55 bits per heavy atom. The number of halogens is 3. The van der Waals surface area contributed by atoms with Crippen LogP contribution < -0.4 is 15.4 Å². The summed E-state index contributed by atoms with van der Waals surface area (Å²) in [5, 5.41) is 5.04. The van der Waals surface area contributed by atoms with Gasteiger partial charge in [0.25, 0.3) is 0 Å². The summed E-state index contributed by atoms with van der Waals surface area (Å²) in [4.78, 5) is 13.0. The molecule has 3 aromatic rings. The molecule has 0 unspecified atom stereocenters. The van der Waals surface area contributed by atoms with Gasteiger partial charge in [0.05, 0.1) is 11.3 Å². The predicted octanol–water partition coefficient (Wildman–Crippen LogP) is 8.12. The molecule has 0 aliphatic rings. The molecule has 2 amide bonds. The molecule has 174 valence electrons. The van der Waals surface area contributed by atoms with Crippen LogP contribution in [-0.4, -0.2) is 6.03 Å². The Morgan fingerprint density at radius 3 is 2.15 bits per heavy atom. The fourth-order valence-electron chi connectivity index (χ4n) is 3.05. The van der Waals surface area contributed by atoms with Gasteiger partial charge in [-0.3, -0.25) is 0 Å². The average molecular weight is 475 g/mol. The molecule has 0 aliphatic carbocycles. The molecule has 0 spiro atoms. The van der Waals surface area contributed by atoms with E-state index in [9.17, 15) is 18.0 Å². The molecule has 2 N–H and O–H groups in total. The van der Waals surface area contributed by atoms with Gasteiger partial charge in [0.15, 0.2) is 5.75 Å². The van der Waals surface area contributed by atoms with Crippen LogP contribution in [0.4, 0.5) is 29.3 Å². The van der Waals surface area contributed by atoms with Gasteiger partial charge in [-0.05, 0) is 59.9 Å². The number of alkyl halides is 3. The molecule has 0 heterocycles. The normalized spacial score (nSPS) is 11.7. The van der Waals surface area contributed by atoms with Crippen molar-refractivity contribution >= 4 is 30.0 Å². The molecular formula is C25H25F3N2O2S. The summed E-state index contributed by atoms with van der Waals surface area (Å²) >= 11 is 4.50. The maximum absolute atomic E-state index is 13.3. The summed E-state index contributed by atoms with van der Waals surface area (Å²) in [6, 6.07) is 16.3. The number of thiol groups is 1. The zero-order valence-electron chi connectivity index (χ0n) is 18.5. The molecule has 0 aliphatic heterocycles. The summed E-state index contributed by atoms with van der Waals surface area (Å²) in [5.41, 5.74) is 0.471. The van der Waals surface area contributed by atoms with Crippen molar-refractivity contribution in [1.82, 2.24) is 0 Å². The van der Waals surface area contributed by atoms with Gasteiger partial charge in [0.2, 0.25) is 0 Å². The number of hydrogen-bond donors (Lipinski definition) is 3. The number of amides is 2. The number of ether oxygens (including phenoxy) is 1. The lowest BCUT2D eigenvalue weighted by Gasteiger charge is -2.24. The summed E-state index contributed by atoms with van der Waals surface area (Å²) < 4.78 is 45.7. The van der Waals surface area contributed by atoms with E-state index in [0.29, 0.717) is 16.3 Å². The van der Waals surface area contributed by atoms with Gasteiger partial charge in [-0.25, -0.2) is 4.79 Å². The standard InChI is InChI=1S/C25H25F3N2O2S/c1-4-24(2,3)16-10-13-21(22(33)15-16)32-20-12-11-17(25(26,27)28)14-19(20)30-23(31)29-18-8-6-5-7-9-18/h5-15,33H,4H2,1-3H3,(H2,29,30,31). The molecule has 3 rings (SSSR count). The molecule has 0 radical (unpaired) electrons. The molecule has 0 saturated heterocycles. The maximum Gasteiger partial charge on any atom is 0.416 e. The number of benzene rings is 3. The SMILES string of the molecule is CCC(C)(C)c1ccc(Oc2ccc(C(F)(F)F)cc2NC(=O)Nc2ccccc2)c(S)c1. The lowest BCUT2D eigenvalue weighted by atomic mass is 9.82. The van der Waals surface area contributed by atoms with Crippen molar-refractivity contribution in [2.24, 2.45) is 0 Å². The van der Waals surface area contributed by atoms with E-state index in [1.807, 2.05) is 12.1 Å². The highest BCUT2D eigenvalue weighted by Crippen LogP contribution is 2.39. The van der Waals surface area contributed by atoms with Gasteiger partial charge < -0.3 is 15.4 Å². The average Bonchev–Trinajstić information content (AvgIpc) is 2.76. The number of hydrogen-bond acceptors (Lipinski definition) is 3. The van der Waals surface area contributed by atoms with Crippen LogP contribution in [0.1, 0.15) is 38.3 Å². The highest BCUT2D eigenvalue weighted by atomic mass is 32.1. The fourth-order valence-corrected chi connectivity index (χ4v) is 3.31. The highest BCUT2D eigenvalue weighted by molar-refractivity contribution is 7.80. The second kappa shape index (κ2) is 9.79. The third kappa shape index (κ3) is 6.22. The van der Waals surface area contributed by atoms with E-state index in [4.69, 9.17) is 4.74 Å². The summed E-state index contributed by atoms with van der Waals surface area (Å²) in [6.45, 7) is 6.31. The first-order chi connectivity index (χ1) is 15.5. The van der Waals surface area contributed by atoms with Crippen LogP contribution in [0, 0.1) is 0 Å². The second-order valence-electron chi connectivity index (χ2n) is 8.18. The fraction of sp³-hybridized carbons (Fsp3) is 0.240. The Bertz CT molecular complexity index is 1130. The van der Waals surface area contributed by atoms with Crippen molar-refractivity contribution in [3.05, 3.63) is 77.9 Å². The lowest BCUT2D eigenvalue weighted by molar-refractivity contribution is -0.137. The topological polar surface area (TPSA) is 50.4 Å². The van der Waals surface area contributed by atoms with Crippen LogP contribution in [0.2, 0.25) is 0 Å². The zero-order valence-corrected chi connectivity index (χ0v) is 19.3. The van der Waals surface area contributed by atoms with Crippen LogP contribution in [-0.2, 0) is 11.6 Å². The Kier molecular flexibility index (Phi) is 7.27. The van der Waals surface area contributed by atoms with Gasteiger partial charge in [-0.2, -0.15) is 13.2 Å². The Balaban J connectivity index is 1.90. The molecule has 3 aromatic carbocycles. The van der Waals surface area contributed by atoms with E-state index in [1.165, 1.54) is 6.07 Å². The summed E-state index contributed by atoms with van der Waals surface area (Å²) in [5.74, 6) is 0.421. The number of nitrogens with one attached hydrogen (secondary N) is 2. The molecule has 33 heavy (non-hydrogen) atoms. The van der Waals surface area contributed by atoms with Crippen LogP contribution >= 0.6 is 12.6 Å². The number of anilines is 2. The van der Waals surface area contributed by atoms with Crippen molar-refractivity contribution in [1.29, 1.82) is 0 Å². The van der Waals surface area contributed by atoms with Crippen LogP contribution in [0.5, 0.6) is 11.5 Å². The smallest absolute Gasteiger partial charge is 0.416 e. The number of urea groups is 1. The van der Waals surface area contributed by atoms with Crippen molar-refractivity contribution in [2.75, 3.05) is 10.6 Å². The number of carbonyl (C=O) groups excluding carboxylic acids is 1. The van der Waals surface area contributed by atoms with E-state index in [2.05, 4.69) is 44.0 Å². The van der Waals surface area contributed by atoms with Gasteiger partial charge >= 0.3 is 12.2 Å². The Morgan fingerprint density at radius 1 is 0.909 bits per heavy atom. The number of carbonyl (C=O) groups is 1. The molecule has 0 atom stereocenters. The van der Waals surface area contributed by atoms with Gasteiger partial charge in [-0.15, -0.1) is 12.6 Å². The molecule has 0 bridgehead atoms. The van der Waals surface area contributed by atoms with Gasteiger partial charge in [-0.1, -0.05) is 45.0 Å². The highest BCUT2D eigenvalue weighted by Gasteiger charge is 2.31. The van der Waals surface area contributed by atoms with Crippen LogP contribution in [0.25, 0.3) is 0 Å². The van der Waals surface area contributed by atoms with Crippen LogP contribution in [0.3, 0.4) is 0 Å². The van der Waals surface area contributed by atoms with Gasteiger partial charge in [0, 0.05) is 10.6 Å². The van der Waals surface area contributed by atoms with E-state index in [0.717, 1.165) is 24.1 Å². The van der Waals surface area contributed by atoms with E-state index < -0.39 is 17.8 Å². The first-order valence-electron chi connectivity index (χ1n) is 10.4. The monoisotopic (exact) mass is 474 g/mol. The summed E-state index contributed by atoms with van der Waals surface area (Å²) in [6.07, 6.45) is -3.66. The third-order valence-corrected chi connectivity index (χ3v) is 5.78. The first kappa shape index (κ1) is 24.5. The molecule has 0 fully saturated rings. The first-order valence-corrected chi connectivity index (χ1v) is 10.8. The largest absolute Gasteiger partial charge is 0.454 e. The predicted molar refractivity (Wildman–Crippen MR) is 128 cm³/mol. The minimum Gasteiger partial charge on any atom is -0.454 e. The van der Waals surface area contributed by atoms with Crippen LogP contribution in [0.15, 0.2) is 71.6 Å². The molecular weight excluding hydrogens is 449 g/mol. The minimum atomic E-state index is -4.58. The van der Waals surface area contributed by atoms with Gasteiger partial charge in [0.1, 0.15) is 5.75 Å². The van der Waals surface area contributed by atoms with Crippen molar-refractivity contribution < 1.29 is 22.7 Å². The molecule has 0 aromatic heterocycles. The Labute approximate surface area is 196 Å². The lowest BCUT2D eigenvalue weighted by Crippen LogP contribution is -2.20. The number of rotatable bonds is 6. The van der Waals surface area contributed by atoms with Crippen molar-refractivity contribution in [3.63, 3.8) is 0 Å². The maximum atomic E-state index is 13.3. The quantitative estimate of drug-likeness (QED) is 0.316. The molecule has 0 saturated carbocycles. The molecule has 8 heteroatoms. The van der Waals surface area contributed by atoms with E-state index in [1.54, 1.807) is 36.4 Å². The molecule has 4 nitrogen and oxygen atoms in total. The minimum absolute atomic E-state index is 0.0593. The summed E-state index contributed by atoms with van der Waals surface area (Å²) in [7, 11) is 0. The third-order valence-electron chi connectivity index (χ3n) is 5.43. The number of para-hydroxylation sites is 1. The van der Waals surface area contributed by atoms with E-state index >= 15 is 0 Å². The Hall–Kier alpha value is -3.13.